The van der Waals surface area contributed by atoms with E-state index in [9.17, 15) is 17.6 Å². The highest BCUT2D eigenvalue weighted by Crippen LogP contribution is 2.20. The molecule has 3 rings (SSSR count). The van der Waals surface area contributed by atoms with Crippen molar-refractivity contribution in [3.63, 3.8) is 0 Å². The highest BCUT2D eigenvalue weighted by molar-refractivity contribution is 7.92. The van der Waals surface area contributed by atoms with E-state index in [1.165, 1.54) is 48.5 Å². The smallest absolute Gasteiger partial charge is 0.261 e. The molecule has 2 N–H and O–H groups in total. The van der Waals surface area contributed by atoms with E-state index in [1.54, 1.807) is 31.2 Å². The number of anilines is 1. The monoisotopic (exact) mass is 472 g/mol. The average molecular weight is 473 g/mol. The summed E-state index contributed by atoms with van der Waals surface area (Å²) in [5.41, 5.74) is 0.660. The minimum atomic E-state index is -3.79. The Morgan fingerprint density at radius 3 is 2.27 bits per heavy atom. The first kappa shape index (κ1) is 24.1. The zero-order valence-electron chi connectivity index (χ0n) is 18.2. The van der Waals surface area contributed by atoms with E-state index in [2.05, 4.69) is 10.0 Å². The largest absolute Gasteiger partial charge is 0.494 e. The molecule has 0 aliphatic rings. The first-order chi connectivity index (χ1) is 15.8. The summed E-state index contributed by atoms with van der Waals surface area (Å²) in [6.07, 6.45) is 0. The number of sulfonamides is 1. The Labute approximate surface area is 192 Å². The maximum absolute atomic E-state index is 13.6. The quantitative estimate of drug-likeness (QED) is 0.461. The molecule has 1 unspecified atom stereocenters. The molecule has 33 heavy (non-hydrogen) atoms. The Balaban J connectivity index is 1.56. The van der Waals surface area contributed by atoms with Crippen molar-refractivity contribution in [1.82, 2.24) is 5.32 Å². The highest BCUT2D eigenvalue weighted by Gasteiger charge is 2.16. The molecule has 9 heteroatoms. The Bertz CT molecular complexity index is 1180. The molecule has 0 radical (unpaired) electrons. The van der Waals surface area contributed by atoms with E-state index >= 15 is 0 Å². The zero-order chi connectivity index (χ0) is 23.8. The molecule has 0 aliphatic heterocycles. The van der Waals surface area contributed by atoms with Crippen LogP contribution in [0.25, 0.3) is 0 Å². The van der Waals surface area contributed by atoms with Crippen molar-refractivity contribution in [2.45, 2.75) is 24.8 Å². The Hall–Kier alpha value is -3.59. The number of hydrogen-bond donors (Lipinski definition) is 2. The van der Waals surface area contributed by atoms with Crippen LogP contribution in [0.3, 0.4) is 0 Å². The molecule has 3 aromatic carbocycles. The summed E-state index contributed by atoms with van der Waals surface area (Å²) in [5, 5.41) is 2.76. The number of benzene rings is 3. The van der Waals surface area contributed by atoms with Gasteiger partial charge in [-0.05, 0) is 74.5 Å². The fraction of sp³-hybridized carbons (Fsp3) is 0.208. The van der Waals surface area contributed by atoms with E-state index in [-0.39, 0.29) is 29.2 Å². The van der Waals surface area contributed by atoms with Gasteiger partial charge >= 0.3 is 0 Å². The lowest BCUT2D eigenvalue weighted by Crippen LogP contribution is -2.36. The van der Waals surface area contributed by atoms with E-state index in [0.717, 1.165) is 0 Å². The lowest BCUT2D eigenvalue weighted by atomic mass is 10.2. The molecule has 0 heterocycles. The molecule has 0 spiro atoms. The van der Waals surface area contributed by atoms with Gasteiger partial charge in [-0.3, -0.25) is 9.52 Å². The van der Waals surface area contributed by atoms with Gasteiger partial charge in [0.1, 0.15) is 12.4 Å². The summed E-state index contributed by atoms with van der Waals surface area (Å²) in [6, 6.07) is 17.8. The van der Waals surface area contributed by atoms with Gasteiger partial charge in [0.15, 0.2) is 11.6 Å². The third-order valence-electron chi connectivity index (χ3n) is 4.55. The SMILES string of the molecule is CCOc1ccc(S(=O)(=O)Nc2ccc(C(=O)NC(C)COc3ccccc3F)cc2)cc1. The Kier molecular flexibility index (Phi) is 7.89. The van der Waals surface area contributed by atoms with E-state index in [4.69, 9.17) is 9.47 Å². The van der Waals surface area contributed by atoms with Crippen molar-refractivity contribution < 1.29 is 27.1 Å². The molecule has 0 aliphatic carbocycles. The van der Waals surface area contributed by atoms with Crippen molar-refractivity contribution in [1.29, 1.82) is 0 Å². The first-order valence-corrected chi connectivity index (χ1v) is 11.8. The van der Waals surface area contributed by atoms with Crippen molar-refractivity contribution in [3.05, 3.63) is 84.2 Å². The number of hydrogen-bond acceptors (Lipinski definition) is 5. The van der Waals surface area contributed by atoms with Crippen LogP contribution in [0.15, 0.2) is 77.7 Å². The Morgan fingerprint density at radius 2 is 1.64 bits per heavy atom. The van der Waals surface area contributed by atoms with Gasteiger partial charge in [-0.15, -0.1) is 0 Å². The number of halogens is 1. The fourth-order valence-corrected chi connectivity index (χ4v) is 3.97. The molecule has 3 aromatic rings. The zero-order valence-corrected chi connectivity index (χ0v) is 19.1. The topological polar surface area (TPSA) is 93.7 Å². The molecule has 0 aromatic heterocycles. The molecule has 7 nitrogen and oxygen atoms in total. The van der Waals surface area contributed by atoms with Crippen LogP contribution in [0.4, 0.5) is 10.1 Å². The van der Waals surface area contributed by atoms with Crippen LogP contribution >= 0.6 is 0 Å². The van der Waals surface area contributed by atoms with Crippen molar-refractivity contribution >= 4 is 21.6 Å². The highest BCUT2D eigenvalue weighted by atomic mass is 32.2. The summed E-state index contributed by atoms with van der Waals surface area (Å²) in [7, 11) is -3.79. The second kappa shape index (κ2) is 10.8. The minimum absolute atomic E-state index is 0.0899. The van der Waals surface area contributed by atoms with Gasteiger partial charge in [0, 0.05) is 11.3 Å². The van der Waals surface area contributed by atoms with Crippen molar-refractivity contribution in [3.8, 4) is 11.5 Å². The van der Waals surface area contributed by atoms with Gasteiger partial charge in [-0.25, -0.2) is 12.8 Å². The summed E-state index contributed by atoms with van der Waals surface area (Å²) in [4.78, 5) is 12.5. The van der Waals surface area contributed by atoms with E-state index < -0.39 is 15.8 Å². The van der Waals surface area contributed by atoms with Crippen LogP contribution in [-0.4, -0.2) is 33.6 Å². The summed E-state index contributed by atoms with van der Waals surface area (Å²) < 4.78 is 52.0. The van der Waals surface area contributed by atoms with Crippen LogP contribution in [0.5, 0.6) is 11.5 Å². The summed E-state index contributed by atoms with van der Waals surface area (Å²) >= 11 is 0. The first-order valence-electron chi connectivity index (χ1n) is 10.3. The second-order valence-electron chi connectivity index (χ2n) is 7.20. The van der Waals surface area contributed by atoms with Gasteiger partial charge in [0.2, 0.25) is 0 Å². The van der Waals surface area contributed by atoms with Gasteiger partial charge < -0.3 is 14.8 Å². The number of nitrogens with one attached hydrogen (secondary N) is 2. The standard InChI is InChI=1S/C24H25FN2O5S/c1-3-31-20-12-14-21(15-13-20)33(29,30)27-19-10-8-18(9-11-19)24(28)26-17(2)16-32-23-7-5-4-6-22(23)25/h4-15,17,27H,3,16H2,1-2H3,(H,26,28). The molecule has 174 valence electrons. The van der Waals surface area contributed by atoms with Gasteiger partial charge in [0.05, 0.1) is 17.5 Å². The maximum atomic E-state index is 13.6. The molecule has 1 amide bonds. The predicted octanol–water partition coefficient (Wildman–Crippen LogP) is 4.22. The minimum Gasteiger partial charge on any atom is -0.494 e. The number of amides is 1. The second-order valence-corrected chi connectivity index (χ2v) is 8.89. The van der Waals surface area contributed by atoms with Crippen molar-refractivity contribution in [2.24, 2.45) is 0 Å². The van der Waals surface area contributed by atoms with Crippen LogP contribution in [0.2, 0.25) is 0 Å². The average Bonchev–Trinajstić information content (AvgIpc) is 2.79. The lowest BCUT2D eigenvalue weighted by Gasteiger charge is -2.15. The molecule has 0 saturated carbocycles. The molecular formula is C24H25FN2O5S. The number of ether oxygens (including phenoxy) is 2. The van der Waals surface area contributed by atoms with Gasteiger partial charge in [0.25, 0.3) is 15.9 Å². The van der Waals surface area contributed by atoms with Crippen molar-refractivity contribution in [2.75, 3.05) is 17.9 Å². The number of carbonyl (C=O) groups is 1. The lowest BCUT2D eigenvalue weighted by molar-refractivity contribution is 0.0926. The maximum Gasteiger partial charge on any atom is 0.261 e. The number of rotatable bonds is 10. The predicted molar refractivity (Wildman–Crippen MR) is 124 cm³/mol. The van der Waals surface area contributed by atoms with Crippen LogP contribution in [0, 0.1) is 5.82 Å². The molecule has 0 fully saturated rings. The van der Waals surface area contributed by atoms with Crippen LogP contribution in [-0.2, 0) is 10.0 Å². The number of carbonyl (C=O) groups excluding carboxylic acids is 1. The molecule has 0 bridgehead atoms. The fourth-order valence-electron chi connectivity index (χ4n) is 2.91. The molecule has 0 saturated heterocycles. The molecule has 1 atom stereocenters. The summed E-state index contributed by atoms with van der Waals surface area (Å²) in [5.74, 6) is -0.136. The van der Waals surface area contributed by atoms with E-state index in [1.807, 2.05) is 6.92 Å². The summed E-state index contributed by atoms with van der Waals surface area (Å²) in [6.45, 7) is 4.16. The third kappa shape index (κ3) is 6.69. The van der Waals surface area contributed by atoms with Crippen LogP contribution < -0.4 is 19.5 Å². The van der Waals surface area contributed by atoms with E-state index in [0.29, 0.717) is 23.6 Å². The van der Waals surface area contributed by atoms with Crippen LogP contribution in [0.1, 0.15) is 24.2 Å². The Morgan fingerprint density at radius 1 is 0.970 bits per heavy atom. The normalized spacial score (nSPS) is 12.0. The molecular weight excluding hydrogens is 447 g/mol. The third-order valence-corrected chi connectivity index (χ3v) is 5.94. The van der Waals surface area contributed by atoms with Gasteiger partial charge in [-0.2, -0.15) is 0 Å². The van der Waals surface area contributed by atoms with Gasteiger partial charge in [-0.1, -0.05) is 12.1 Å². The number of para-hydroxylation sites is 1.